The van der Waals surface area contributed by atoms with Gasteiger partial charge < -0.3 is 14.8 Å². The molecule has 1 aromatic carbocycles. The molecule has 0 aliphatic carbocycles. The topological polar surface area (TPSA) is 30.5 Å². The SMILES string of the molecule is CCCNCc1cc(Cl)cc(OC)c1OC/C=C/Cl. The van der Waals surface area contributed by atoms with Crippen molar-refractivity contribution in [2.75, 3.05) is 20.3 Å². The van der Waals surface area contributed by atoms with Crippen LogP contribution in [0.2, 0.25) is 5.02 Å². The van der Waals surface area contributed by atoms with Crippen LogP contribution in [0.4, 0.5) is 0 Å². The zero-order valence-electron chi connectivity index (χ0n) is 11.2. The van der Waals surface area contributed by atoms with Crippen molar-refractivity contribution in [3.63, 3.8) is 0 Å². The van der Waals surface area contributed by atoms with E-state index in [1.807, 2.05) is 6.07 Å². The van der Waals surface area contributed by atoms with E-state index in [2.05, 4.69) is 12.2 Å². The molecule has 1 rings (SSSR count). The lowest BCUT2D eigenvalue weighted by Gasteiger charge is -2.15. The normalized spacial score (nSPS) is 10.9. The number of ether oxygens (including phenoxy) is 2. The van der Waals surface area contributed by atoms with Gasteiger partial charge in [0.15, 0.2) is 11.5 Å². The summed E-state index contributed by atoms with van der Waals surface area (Å²) in [4.78, 5) is 0. The lowest BCUT2D eigenvalue weighted by Crippen LogP contribution is -2.15. The number of halogens is 2. The number of methoxy groups -OCH3 is 1. The molecule has 0 spiro atoms. The fourth-order valence-corrected chi connectivity index (χ4v) is 1.94. The molecule has 0 aliphatic heterocycles. The second kappa shape index (κ2) is 9.08. The standard InChI is InChI=1S/C14H19Cl2NO2/c1-3-6-17-10-11-8-12(16)9-13(18-2)14(11)19-7-4-5-15/h4-5,8-9,17H,3,6-7,10H2,1-2H3/b5-4+. The van der Waals surface area contributed by atoms with Gasteiger partial charge in [0.2, 0.25) is 0 Å². The van der Waals surface area contributed by atoms with Crippen molar-refractivity contribution in [2.45, 2.75) is 19.9 Å². The molecule has 0 heterocycles. The number of rotatable bonds is 8. The average molecular weight is 304 g/mol. The summed E-state index contributed by atoms with van der Waals surface area (Å²) in [6.07, 6.45) is 2.79. The highest BCUT2D eigenvalue weighted by atomic mass is 35.5. The molecule has 0 radical (unpaired) electrons. The van der Waals surface area contributed by atoms with Gasteiger partial charge in [0.1, 0.15) is 6.61 Å². The number of hydrogen-bond acceptors (Lipinski definition) is 3. The number of hydrogen-bond donors (Lipinski definition) is 1. The molecule has 3 nitrogen and oxygen atoms in total. The molecule has 0 saturated carbocycles. The van der Waals surface area contributed by atoms with Crippen molar-refractivity contribution in [1.82, 2.24) is 5.32 Å². The summed E-state index contributed by atoms with van der Waals surface area (Å²) in [7, 11) is 1.60. The Labute approximate surface area is 124 Å². The predicted octanol–water partition coefficient (Wildman–Crippen LogP) is 3.98. The summed E-state index contributed by atoms with van der Waals surface area (Å²) in [6, 6.07) is 3.62. The highest BCUT2D eigenvalue weighted by Crippen LogP contribution is 2.34. The van der Waals surface area contributed by atoms with Crippen LogP contribution in [-0.4, -0.2) is 20.3 Å². The maximum absolute atomic E-state index is 6.08. The highest BCUT2D eigenvalue weighted by Gasteiger charge is 2.12. The van der Waals surface area contributed by atoms with Gasteiger partial charge in [0.05, 0.1) is 7.11 Å². The van der Waals surface area contributed by atoms with Gasteiger partial charge in [-0.15, -0.1) is 0 Å². The molecule has 0 fully saturated rings. The van der Waals surface area contributed by atoms with E-state index in [1.54, 1.807) is 19.3 Å². The van der Waals surface area contributed by atoms with Gasteiger partial charge in [0.25, 0.3) is 0 Å². The first-order chi connectivity index (χ1) is 9.22. The Morgan fingerprint density at radius 1 is 1.37 bits per heavy atom. The van der Waals surface area contributed by atoms with E-state index in [1.165, 1.54) is 5.54 Å². The third-order valence-corrected chi connectivity index (χ3v) is 2.87. The molecule has 0 unspecified atom stereocenters. The Hall–Kier alpha value is -0.900. The highest BCUT2D eigenvalue weighted by molar-refractivity contribution is 6.30. The van der Waals surface area contributed by atoms with Crippen molar-refractivity contribution in [3.05, 3.63) is 34.3 Å². The lowest BCUT2D eigenvalue weighted by molar-refractivity contribution is 0.322. The van der Waals surface area contributed by atoms with Crippen molar-refractivity contribution in [3.8, 4) is 11.5 Å². The van der Waals surface area contributed by atoms with Crippen LogP contribution >= 0.6 is 23.2 Å². The summed E-state index contributed by atoms with van der Waals surface area (Å²) in [5, 5.41) is 3.95. The zero-order chi connectivity index (χ0) is 14.1. The van der Waals surface area contributed by atoms with E-state index in [9.17, 15) is 0 Å². The smallest absolute Gasteiger partial charge is 0.166 e. The van der Waals surface area contributed by atoms with E-state index in [4.69, 9.17) is 32.7 Å². The van der Waals surface area contributed by atoms with Gasteiger partial charge in [-0.1, -0.05) is 30.1 Å². The average Bonchev–Trinajstić information content (AvgIpc) is 2.41. The van der Waals surface area contributed by atoms with Crippen LogP contribution in [-0.2, 0) is 6.54 Å². The summed E-state index contributed by atoms with van der Waals surface area (Å²) in [6.45, 7) is 4.14. The zero-order valence-corrected chi connectivity index (χ0v) is 12.7. The first-order valence-corrected chi connectivity index (χ1v) is 6.99. The monoisotopic (exact) mass is 303 g/mol. The van der Waals surface area contributed by atoms with E-state index in [-0.39, 0.29) is 0 Å². The van der Waals surface area contributed by atoms with E-state index >= 15 is 0 Å². The summed E-state index contributed by atoms with van der Waals surface area (Å²) in [5.41, 5.74) is 2.40. The van der Waals surface area contributed by atoms with Crippen LogP contribution < -0.4 is 14.8 Å². The third-order valence-electron chi connectivity index (χ3n) is 2.47. The first-order valence-electron chi connectivity index (χ1n) is 6.18. The van der Waals surface area contributed by atoms with Gasteiger partial charge in [-0.3, -0.25) is 0 Å². The predicted molar refractivity (Wildman–Crippen MR) is 80.5 cm³/mol. The molecule has 0 aromatic heterocycles. The summed E-state index contributed by atoms with van der Waals surface area (Å²) < 4.78 is 11.0. The molecule has 0 amide bonds. The van der Waals surface area contributed by atoms with Gasteiger partial charge in [0, 0.05) is 28.7 Å². The van der Waals surface area contributed by atoms with Crippen LogP contribution in [0.25, 0.3) is 0 Å². The van der Waals surface area contributed by atoms with Crippen molar-refractivity contribution < 1.29 is 9.47 Å². The van der Waals surface area contributed by atoms with E-state index in [0.717, 1.165) is 18.5 Å². The summed E-state index contributed by atoms with van der Waals surface area (Å²) in [5.74, 6) is 1.33. The molecule has 106 valence electrons. The maximum Gasteiger partial charge on any atom is 0.166 e. The quantitative estimate of drug-likeness (QED) is 0.737. The van der Waals surface area contributed by atoms with Crippen molar-refractivity contribution in [2.24, 2.45) is 0 Å². The first kappa shape index (κ1) is 16.2. The molecule has 19 heavy (non-hydrogen) atoms. The van der Waals surface area contributed by atoms with Crippen LogP contribution in [0.15, 0.2) is 23.7 Å². The van der Waals surface area contributed by atoms with Crippen molar-refractivity contribution in [1.29, 1.82) is 0 Å². The van der Waals surface area contributed by atoms with Gasteiger partial charge in [-0.05, 0) is 25.1 Å². The van der Waals surface area contributed by atoms with E-state index < -0.39 is 0 Å². The molecule has 0 saturated heterocycles. The van der Waals surface area contributed by atoms with Gasteiger partial charge in [-0.2, -0.15) is 0 Å². The Morgan fingerprint density at radius 3 is 2.79 bits per heavy atom. The van der Waals surface area contributed by atoms with Gasteiger partial charge in [-0.25, -0.2) is 0 Å². The maximum atomic E-state index is 6.08. The van der Waals surface area contributed by atoms with Crippen LogP contribution in [0, 0.1) is 0 Å². The second-order valence-corrected chi connectivity index (χ2v) is 4.63. The van der Waals surface area contributed by atoms with Gasteiger partial charge >= 0.3 is 0 Å². The largest absolute Gasteiger partial charge is 0.493 e. The van der Waals surface area contributed by atoms with Crippen LogP contribution in [0.5, 0.6) is 11.5 Å². The minimum Gasteiger partial charge on any atom is -0.493 e. The van der Waals surface area contributed by atoms with E-state index in [0.29, 0.717) is 29.7 Å². The second-order valence-electron chi connectivity index (χ2n) is 3.95. The van der Waals surface area contributed by atoms with Crippen LogP contribution in [0.3, 0.4) is 0 Å². The van der Waals surface area contributed by atoms with Crippen molar-refractivity contribution >= 4 is 23.2 Å². The molecule has 1 N–H and O–H groups in total. The molecule has 0 atom stereocenters. The minimum atomic E-state index is 0.391. The number of benzene rings is 1. The molecule has 1 aromatic rings. The third kappa shape index (κ3) is 5.31. The fraction of sp³-hybridized carbons (Fsp3) is 0.429. The Balaban J connectivity index is 2.92. The Bertz CT molecular complexity index is 422. The molecular weight excluding hydrogens is 285 g/mol. The lowest BCUT2D eigenvalue weighted by atomic mass is 10.1. The Kier molecular flexibility index (Phi) is 7.72. The molecule has 0 bridgehead atoms. The Morgan fingerprint density at radius 2 is 2.16 bits per heavy atom. The minimum absolute atomic E-state index is 0.391. The molecule has 0 aliphatic rings. The molecule has 5 heteroatoms. The fourth-order valence-electron chi connectivity index (χ4n) is 1.64. The summed E-state index contributed by atoms with van der Waals surface area (Å²) >= 11 is 11.6. The van der Waals surface area contributed by atoms with Crippen LogP contribution in [0.1, 0.15) is 18.9 Å². The number of nitrogens with one attached hydrogen (secondary N) is 1. The molecular formula is C14H19Cl2NO2.